The van der Waals surface area contributed by atoms with Crippen LogP contribution in [0.4, 0.5) is 0 Å². The number of rotatable bonds is 8. The maximum Gasteiger partial charge on any atom is 0.242 e. The Kier molecular flexibility index (Phi) is 7.93. The molecule has 6 nitrogen and oxygen atoms in total. The fraction of sp³-hybridized carbons (Fsp3) is 0.440. The second kappa shape index (κ2) is 10.8. The zero-order valence-corrected chi connectivity index (χ0v) is 18.6. The van der Waals surface area contributed by atoms with Crippen LogP contribution < -0.4 is 14.8 Å². The molecule has 0 aromatic heterocycles. The average molecular weight is 425 g/mol. The number of benzene rings is 2. The molecule has 0 aliphatic carbocycles. The minimum Gasteiger partial charge on any atom is -0.493 e. The van der Waals surface area contributed by atoms with Crippen LogP contribution in [-0.4, -0.2) is 43.5 Å². The molecule has 0 radical (unpaired) electrons. The van der Waals surface area contributed by atoms with E-state index in [2.05, 4.69) is 5.32 Å². The fourth-order valence-electron chi connectivity index (χ4n) is 4.18. The largest absolute Gasteiger partial charge is 0.493 e. The molecule has 1 aliphatic heterocycles. The van der Waals surface area contributed by atoms with Crippen molar-refractivity contribution >= 4 is 11.8 Å². The van der Waals surface area contributed by atoms with Crippen LogP contribution in [0, 0.1) is 0 Å². The molecule has 1 aliphatic rings. The van der Waals surface area contributed by atoms with E-state index in [4.69, 9.17) is 9.47 Å². The third-order valence-corrected chi connectivity index (χ3v) is 5.87. The minimum absolute atomic E-state index is 0.0227. The predicted molar refractivity (Wildman–Crippen MR) is 120 cm³/mol. The monoisotopic (exact) mass is 424 g/mol. The van der Waals surface area contributed by atoms with Crippen molar-refractivity contribution in [3.05, 3.63) is 59.7 Å². The Balaban J connectivity index is 1.96. The second-order valence-electron chi connectivity index (χ2n) is 7.83. The van der Waals surface area contributed by atoms with Crippen LogP contribution in [-0.2, 0) is 16.1 Å². The summed E-state index contributed by atoms with van der Waals surface area (Å²) in [4.78, 5) is 28.4. The number of hydrogen-bond acceptors (Lipinski definition) is 4. The van der Waals surface area contributed by atoms with E-state index in [1.54, 1.807) is 19.1 Å². The maximum absolute atomic E-state index is 13.8. The predicted octanol–water partition coefficient (Wildman–Crippen LogP) is 3.89. The summed E-state index contributed by atoms with van der Waals surface area (Å²) < 4.78 is 10.8. The molecule has 0 spiro atoms. The van der Waals surface area contributed by atoms with E-state index in [9.17, 15) is 9.59 Å². The number of hydrogen-bond donors (Lipinski definition) is 1. The van der Waals surface area contributed by atoms with Crippen molar-refractivity contribution in [2.75, 3.05) is 20.8 Å². The van der Waals surface area contributed by atoms with Crippen LogP contribution in [0.25, 0.3) is 0 Å². The van der Waals surface area contributed by atoms with Gasteiger partial charge in [0.1, 0.15) is 6.04 Å². The molecular formula is C25H32N2O4. The normalized spacial score (nSPS) is 17.3. The molecule has 3 rings (SSSR count). The number of methoxy groups -OCH3 is 2. The molecule has 2 aromatic carbocycles. The van der Waals surface area contributed by atoms with Crippen molar-refractivity contribution in [1.29, 1.82) is 0 Å². The Morgan fingerprint density at radius 1 is 1.10 bits per heavy atom. The second-order valence-corrected chi connectivity index (χ2v) is 7.83. The quantitative estimate of drug-likeness (QED) is 0.698. The molecule has 2 amide bonds. The molecule has 2 unspecified atom stereocenters. The van der Waals surface area contributed by atoms with Crippen LogP contribution in [0.3, 0.4) is 0 Å². The Labute approximate surface area is 184 Å². The van der Waals surface area contributed by atoms with Gasteiger partial charge in [0, 0.05) is 13.1 Å². The van der Waals surface area contributed by atoms with Crippen molar-refractivity contribution in [3.63, 3.8) is 0 Å². The summed E-state index contributed by atoms with van der Waals surface area (Å²) in [7, 11) is 3.18. The van der Waals surface area contributed by atoms with Crippen LogP contribution in [0.15, 0.2) is 48.5 Å². The lowest BCUT2D eigenvalue weighted by atomic mass is 9.93. The summed E-state index contributed by atoms with van der Waals surface area (Å²) in [5.41, 5.74) is 1.87. The van der Waals surface area contributed by atoms with E-state index < -0.39 is 6.04 Å². The zero-order chi connectivity index (χ0) is 22.2. The summed E-state index contributed by atoms with van der Waals surface area (Å²) in [5, 5.41) is 2.98. The maximum atomic E-state index is 13.8. The fourth-order valence-corrected chi connectivity index (χ4v) is 4.18. The molecule has 1 saturated heterocycles. The van der Waals surface area contributed by atoms with Crippen molar-refractivity contribution in [1.82, 2.24) is 10.2 Å². The smallest absolute Gasteiger partial charge is 0.242 e. The first-order valence-corrected chi connectivity index (χ1v) is 10.9. The molecule has 1 N–H and O–H groups in total. The third-order valence-electron chi connectivity index (χ3n) is 5.87. The van der Waals surface area contributed by atoms with E-state index >= 15 is 0 Å². The van der Waals surface area contributed by atoms with Crippen molar-refractivity contribution in [3.8, 4) is 11.5 Å². The molecule has 31 heavy (non-hydrogen) atoms. The number of ether oxygens (including phenoxy) is 2. The first kappa shape index (κ1) is 22.7. The molecule has 0 bridgehead atoms. The number of nitrogens with zero attached hydrogens (tertiary/aromatic N) is 1. The average Bonchev–Trinajstić information content (AvgIpc) is 3.02. The molecule has 166 valence electrons. The Hall–Kier alpha value is -3.02. The lowest BCUT2D eigenvalue weighted by molar-refractivity contribution is -0.142. The van der Waals surface area contributed by atoms with Crippen molar-refractivity contribution < 1.29 is 19.1 Å². The van der Waals surface area contributed by atoms with Gasteiger partial charge in [-0.25, -0.2) is 0 Å². The van der Waals surface area contributed by atoms with Gasteiger partial charge in [0.25, 0.3) is 0 Å². The SMILES string of the molecule is CCC(C(=O)N(Cc1ccc(OC)c(OC)c1)C1CCCCNC1=O)c1ccccc1. The highest BCUT2D eigenvalue weighted by Gasteiger charge is 2.34. The summed E-state index contributed by atoms with van der Waals surface area (Å²) in [6, 6.07) is 14.9. The number of amides is 2. The summed E-state index contributed by atoms with van der Waals surface area (Å²) in [5.74, 6) is 0.844. The van der Waals surface area contributed by atoms with Gasteiger partial charge in [0.2, 0.25) is 11.8 Å². The number of carbonyl (C=O) groups excluding carboxylic acids is 2. The zero-order valence-electron chi connectivity index (χ0n) is 18.6. The van der Waals surface area contributed by atoms with E-state index in [1.165, 1.54) is 0 Å². The van der Waals surface area contributed by atoms with Gasteiger partial charge in [-0.3, -0.25) is 9.59 Å². The third kappa shape index (κ3) is 5.37. The van der Waals surface area contributed by atoms with Gasteiger partial charge < -0.3 is 19.7 Å². The standard InChI is InChI=1S/C25H32N2O4/c1-4-20(19-10-6-5-7-11-19)25(29)27(21-12-8-9-15-26-24(21)28)17-18-13-14-22(30-2)23(16-18)31-3/h5-7,10-11,13-14,16,20-21H,4,8-9,12,15,17H2,1-3H3,(H,26,28). The first-order chi connectivity index (χ1) is 15.1. The van der Waals surface area contributed by atoms with Gasteiger partial charge in [0.15, 0.2) is 11.5 Å². The Bertz CT molecular complexity index is 884. The van der Waals surface area contributed by atoms with Gasteiger partial charge in [-0.2, -0.15) is 0 Å². The van der Waals surface area contributed by atoms with Crippen LogP contribution in [0.1, 0.15) is 49.7 Å². The van der Waals surface area contributed by atoms with Crippen molar-refractivity contribution in [2.45, 2.75) is 51.1 Å². The summed E-state index contributed by atoms with van der Waals surface area (Å²) >= 11 is 0. The van der Waals surface area contributed by atoms with E-state index in [0.717, 1.165) is 24.0 Å². The molecule has 0 saturated carbocycles. The van der Waals surface area contributed by atoms with Crippen LogP contribution in [0.2, 0.25) is 0 Å². The number of nitrogens with one attached hydrogen (secondary N) is 1. The Morgan fingerprint density at radius 2 is 1.84 bits per heavy atom. The molecule has 1 heterocycles. The lowest BCUT2D eigenvalue weighted by Gasteiger charge is -2.33. The van der Waals surface area contributed by atoms with Crippen LogP contribution in [0.5, 0.6) is 11.5 Å². The van der Waals surface area contributed by atoms with Crippen molar-refractivity contribution in [2.24, 2.45) is 0 Å². The van der Waals surface area contributed by atoms with Gasteiger partial charge in [-0.05, 0) is 48.9 Å². The van der Waals surface area contributed by atoms with Gasteiger partial charge in [-0.15, -0.1) is 0 Å². The van der Waals surface area contributed by atoms with Gasteiger partial charge in [0.05, 0.1) is 20.1 Å². The van der Waals surface area contributed by atoms with Gasteiger partial charge in [-0.1, -0.05) is 43.3 Å². The molecule has 2 aromatic rings. The number of carbonyl (C=O) groups is 2. The first-order valence-electron chi connectivity index (χ1n) is 10.9. The van der Waals surface area contributed by atoms with E-state index in [1.807, 2.05) is 55.5 Å². The highest BCUT2D eigenvalue weighted by Crippen LogP contribution is 2.30. The Morgan fingerprint density at radius 3 is 2.52 bits per heavy atom. The van der Waals surface area contributed by atoms with Crippen LogP contribution >= 0.6 is 0 Å². The topological polar surface area (TPSA) is 67.9 Å². The lowest BCUT2D eigenvalue weighted by Crippen LogP contribution is -2.49. The molecule has 1 fully saturated rings. The summed E-state index contributed by atoms with van der Waals surface area (Å²) in [6.45, 7) is 3.00. The summed E-state index contributed by atoms with van der Waals surface area (Å²) in [6.07, 6.45) is 3.16. The van der Waals surface area contributed by atoms with E-state index in [0.29, 0.717) is 37.4 Å². The minimum atomic E-state index is -0.485. The highest BCUT2D eigenvalue weighted by atomic mass is 16.5. The van der Waals surface area contributed by atoms with E-state index in [-0.39, 0.29) is 17.7 Å². The molecular weight excluding hydrogens is 392 g/mol. The molecule has 6 heteroatoms. The van der Waals surface area contributed by atoms with Gasteiger partial charge >= 0.3 is 0 Å². The highest BCUT2D eigenvalue weighted by molar-refractivity contribution is 5.90. The molecule has 2 atom stereocenters.